The second-order valence-corrected chi connectivity index (χ2v) is 19.4. The summed E-state index contributed by atoms with van der Waals surface area (Å²) in [5.41, 5.74) is 1.15. The van der Waals surface area contributed by atoms with Crippen molar-refractivity contribution in [2.24, 2.45) is 0 Å². The molecule has 7 heteroatoms. The van der Waals surface area contributed by atoms with Crippen LogP contribution >= 0.6 is 24.8 Å². The van der Waals surface area contributed by atoms with Gasteiger partial charge in [-0.25, -0.2) is 11.3 Å². The van der Waals surface area contributed by atoms with Crippen molar-refractivity contribution in [2.75, 3.05) is 0 Å². The van der Waals surface area contributed by atoms with E-state index >= 15 is 0 Å². The van der Waals surface area contributed by atoms with Crippen LogP contribution in [0.1, 0.15) is 12.0 Å². The Labute approximate surface area is 200 Å². The van der Waals surface area contributed by atoms with Crippen LogP contribution in [0.25, 0.3) is 0 Å². The summed E-state index contributed by atoms with van der Waals surface area (Å²) in [6.07, 6.45) is 8.82. The van der Waals surface area contributed by atoms with E-state index in [2.05, 4.69) is 76.7 Å². The van der Waals surface area contributed by atoms with Crippen LogP contribution in [0, 0.1) is 13.0 Å². The van der Waals surface area contributed by atoms with Crippen molar-refractivity contribution < 1.29 is 26.8 Å². The molecule has 0 aromatic heterocycles. The molecule has 0 aliphatic heterocycles. The van der Waals surface area contributed by atoms with Crippen LogP contribution in [0.15, 0.2) is 35.5 Å². The predicted molar refractivity (Wildman–Crippen MR) is 132 cm³/mol. The van der Waals surface area contributed by atoms with E-state index in [0.29, 0.717) is 5.75 Å². The summed E-state index contributed by atoms with van der Waals surface area (Å²) in [7, 11) is -1.18. The average Bonchev–Trinajstić information content (AvgIpc) is 2.91. The SMILES string of the molecule is C[Si](C)(C)C1=[C-]CC=C1.C[Si]C.Cc1cc(O)cc([Si](C)(C)C)c1.Cl.Cl.[Ti]. The fraction of sp³-hybridized carbons (Fsp3) is 0.500. The van der Waals surface area contributed by atoms with Gasteiger partial charge in [0.1, 0.15) is 5.75 Å². The summed E-state index contributed by atoms with van der Waals surface area (Å²) in [6.45, 7) is 20.2. The van der Waals surface area contributed by atoms with Crippen molar-refractivity contribution in [3.05, 3.63) is 47.2 Å². The molecular weight excluding hydrogens is 459 g/mol. The molecule has 1 aromatic rings. The Balaban J connectivity index is -0.000000159. The second kappa shape index (κ2) is 16.3. The summed E-state index contributed by atoms with van der Waals surface area (Å²) in [5, 5.41) is 12.2. The number of rotatable bonds is 2. The van der Waals surface area contributed by atoms with Gasteiger partial charge in [-0.1, -0.05) is 63.6 Å². The number of hydrogen-bond donors (Lipinski definition) is 1. The van der Waals surface area contributed by atoms with Gasteiger partial charge in [0.05, 0.1) is 8.07 Å². The van der Waals surface area contributed by atoms with Crippen LogP contribution in [0.3, 0.4) is 0 Å². The molecule has 0 bridgehead atoms. The zero-order valence-corrected chi connectivity index (χ0v) is 24.6. The first-order valence-electron chi connectivity index (χ1n) is 8.59. The number of phenols is 1. The summed E-state index contributed by atoms with van der Waals surface area (Å²) in [4.78, 5) is 0. The Bertz CT molecular complexity index is 557. The molecule has 2 rings (SSSR count). The van der Waals surface area contributed by atoms with Crippen molar-refractivity contribution in [1.82, 2.24) is 0 Å². The maximum absolute atomic E-state index is 9.38. The molecule has 1 aliphatic rings. The molecule has 1 nitrogen and oxygen atoms in total. The van der Waals surface area contributed by atoms with Crippen molar-refractivity contribution in [1.29, 1.82) is 0 Å². The Morgan fingerprint density at radius 2 is 1.41 bits per heavy atom. The molecule has 2 radical (unpaired) electrons. The number of allylic oxidation sites excluding steroid dienone is 4. The number of aromatic hydroxyl groups is 1. The van der Waals surface area contributed by atoms with E-state index < -0.39 is 16.1 Å². The minimum atomic E-state index is -1.26. The van der Waals surface area contributed by atoms with Crippen molar-refractivity contribution in [2.45, 2.75) is 65.7 Å². The van der Waals surface area contributed by atoms with E-state index in [4.69, 9.17) is 0 Å². The van der Waals surface area contributed by atoms with Gasteiger partial charge in [-0.05, 0) is 24.6 Å². The molecule has 27 heavy (non-hydrogen) atoms. The quantitative estimate of drug-likeness (QED) is 0.370. The van der Waals surface area contributed by atoms with Crippen LogP contribution in [-0.4, -0.2) is 30.8 Å². The number of hydrogen-bond acceptors (Lipinski definition) is 1. The third-order valence-electron chi connectivity index (χ3n) is 3.43. The van der Waals surface area contributed by atoms with Crippen LogP contribution in [0.2, 0.25) is 52.4 Å². The Hall–Kier alpha value is 0.445. The minimum absolute atomic E-state index is 0. The summed E-state index contributed by atoms with van der Waals surface area (Å²) >= 11 is 0. The van der Waals surface area contributed by atoms with Gasteiger partial charge < -0.3 is 5.11 Å². The van der Waals surface area contributed by atoms with Crippen LogP contribution < -0.4 is 5.19 Å². The van der Waals surface area contributed by atoms with E-state index in [-0.39, 0.29) is 46.5 Å². The maximum atomic E-state index is 9.38. The van der Waals surface area contributed by atoms with Crippen LogP contribution in [-0.2, 0) is 21.7 Å². The molecule has 0 amide bonds. The van der Waals surface area contributed by atoms with E-state index in [0.717, 1.165) is 21.5 Å². The Morgan fingerprint density at radius 3 is 1.67 bits per heavy atom. The molecule has 1 N–H and O–H groups in total. The van der Waals surface area contributed by atoms with Crippen molar-refractivity contribution >= 4 is 55.7 Å². The second-order valence-electron chi connectivity index (χ2n) is 8.25. The van der Waals surface area contributed by atoms with Gasteiger partial charge in [-0.3, -0.25) is 6.08 Å². The van der Waals surface area contributed by atoms with Crippen molar-refractivity contribution in [3.8, 4) is 5.75 Å². The van der Waals surface area contributed by atoms with Gasteiger partial charge in [-0.15, -0.1) is 31.2 Å². The molecular formula is C20H37Cl2OSi3Ti-. The third kappa shape index (κ3) is 16.0. The number of phenolic OH excluding ortho intramolecular Hbond substituents is 1. The first-order valence-corrected chi connectivity index (χ1v) is 17.6. The fourth-order valence-electron chi connectivity index (χ4n) is 2.12. The molecule has 0 unspecified atom stereocenters. The predicted octanol–water partition coefficient (Wildman–Crippen LogP) is 6.43. The van der Waals surface area contributed by atoms with E-state index in [1.807, 2.05) is 13.0 Å². The molecule has 0 heterocycles. The zero-order chi connectivity index (χ0) is 19.0. The van der Waals surface area contributed by atoms with E-state index in [9.17, 15) is 5.11 Å². The normalized spacial score (nSPS) is 12.0. The monoisotopic (exact) mass is 495 g/mol. The molecule has 0 saturated heterocycles. The van der Waals surface area contributed by atoms with Crippen LogP contribution in [0.4, 0.5) is 0 Å². The maximum Gasteiger partial charge on any atom is 0.115 e. The van der Waals surface area contributed by atoms with Gasteiger partial charge in [0.2, 0.25) is 0 Å². The number of aryl methyl sites for hydroxylation is 1. The molecule has 154 valence electrons. The smallest absolute Gasteiger partial charge is 0.115 e. The van der Waals surface area contributed by atoms with E-state index in [1.165, 1.54) is 10.4 Å². The van der Waals surface area contributed by atoms with E-state index in [1.54, 1.807) is 6.07 Å². The molecule has 0 atom stereocenters. The fourth-order valence-corrected chi connectivity index (χ4v) is 4.61. The molecule has 1 aliphatic carbocycles. The minimum Gasteiger partial charge on any atom is -0.508 e. The number of halogens is 2. The number of benzene rings is 1. The van der Waals surface area contributed by atoms with Gasteiger partial charge in [0.15, 0.2) is 0 Å². The van der Waals surface area contributed by atoms with Gasteiger partial charge in [-0.2, -0.15) is 6.08 Å². The summed E-state index contributed by atoms with van der Waals surface area (Å²) in [6, 6.07) is 5.86. The summed E-state index contributed by atoms with van der Waals surface area (Å²) < 4.78 is 0. The molecule has 0 saturated carbocycles. The molecule has 1 aromatic carbocycles. The standard InChI is InChI=1S/C10H16OSi.C8H13Si.C2H6Si.2ClH.Ti/c1-8-5-9(11)7-10(6-8)12(2,3)4;1-9(2,3)8-6-4-5-7-8;1-3-2;;;/h5-7,11H,1-4H3;4,6H,5H2,1-3H3;1-2H3;2*1H;/q;-1;;;;. The third-order valence-corrected chi connectivity index (χ3v) is 7.41. The largest absolute Gasteiger partial charge is 0.508 e. The van der Waals surface area contributed by atoms with Crippen LogP contribution in [0.5, 0.6) is 5.75 Å². The van der Waals surface area contributed by atoms with Gasteiger partial charge in [0, 0.05) is 39.3 Å². The Kier molecular flexibility index (Phi) is 21.0. The Morgan fingerprint density at radius 1 is 0.926 bits per heavy atom. The molecule has 0 fully saturated rings. The zero-order valence-electron chi connectivity index (χ0n) is 18.4. The van der Waals surface area contributed by atoms with Gasteiger partial charge >= 0.3 is 0 Å². The van der Waals surface area contributed by atoms with Gasteiger partial charge in [0.25, 0.3) is 0 Å². The van der Waals surface area contributed by atoms with Crippen molar-refractivity contribution in [3.63, 3.8) is 0 Å². The average molecular weight is 497 g/mol. The first kappa shape index (κ1) is 34.9. The topological polar surface area (TPSA) is 20.2 Å². The summed E-state index contributed by atoms with van der Waals surface area (Å²) in [5.74, 6) is 0.396. The first-order chi connectivity index (χ1) is 10.9. The molecule has 0 spiro atoms.